The fraction of sp³-hybridized carbons (Fsp3) is 0.394. The van der Waals surface area contributed by atoms with Gasteiger partial charge in [0.1, 0.15) is 5.69 Å². The number of pyridine rings is 2. The topological polar surface area (TPSA) is 174 Å². The molecule has 0 atom stereocenters. The molecule has 2 aromatic heterocycles. The summed E-state index contributed by atoms with van der Waals surface area (Å²) in [6, 6.07) is 19.6. The van der Waals surface area contributed by atoms with E-state index in [4.69, 9.17) is 28.4 Å². The summed E-state index contributed by atoms with van der Waals surface area (Å²) in [5.74, 6) is 1.81. The minimum absolute atomic E-state index is 0.137. The average Bonchev–Trinajstić information content (AvgIpc) is 3.05. The van der Waals surface area contributed by atoms with Gasteiger partial charge in [0, 0.05) is 76.1 Å². The van der Waals surface area contributed by atoms with Gasteiger partial charge in [-0.15, -0.1) is 6.42 Å². The number of nitrogens with two attached hydrogens (primary N) is 2. The van der Waals surface area contributed by atoms with Crippen molar-refractivity contribution in [1.82, 2.24) is 29.6 Å². The number of carbonyl (C=O) groups excluding carboxylic acids is 2. The number of azide groups is 1. The van der Waals surface area contributed by atoms with Gasteiger partial charge in [-0.1, -0.05) is 47.4 Å². The van der Waals surface area contributed by atoms with Crippen molar-refractivity contribution in [2.45, 2.75) is 19.6 Å². The number of benzene rings is 1. The van der Waals surface area contributed by atoms with Crippen molar-refractivity contribution in [3.8, 4) is 23.5 Å². The predicted molar refractivity (Wildman–Crippen MR) is 177 cm³/mol. The molecule has 0 spiro atoms. The zero-order chi connectivity index (χ0) is 32.7. The van der Waals surface area contributed by atoms with Crippen molar-refractivity contribution in [2.24, 2.45) is 16.6 Å². The first-order chi connectivity index (χ1) is 22.3. The summed E-state index contributed by atoms with van der Waals surface area (Å²) in [6.45, 7) is 6.49. The van der Waals surface area contributed by atoms with Crippen LogP contribution in [0.4, 0.5) is 0 Å². The van der Waals surface area contributed by atoms with Gasteiger partial charge >= 0.3 is 0 Å². The molecule has 4 N–H and O–H groups in total. The number of primary amides is 2. The molecule has 1 aliphatic heterocycles. The Morgan fingerprint density at radius 3 is 1.83 bits per heavy atom. The molecule has 0 aliphatic carbocycles. The molecule has 0 unspecified atom stereocenters. The van der Waals surface area contributed by atoms with Crippen LogP contribution in [0.25, 0.3) is 21.6 Å². The lowest BCUT2D eigenvalue weighted by molar-refractivity contribution is -0.119. The third kappa shape index (κ3) is 11.3. The zero-order valence-corrected chi connectivity index (χ0v) is 26.0. The number of hydrogen-bond acceptors (Lipinski definition) is 9. The second-order valence-corrected chi connectivity index (χ2v) is 11.3. The highest BCUT2D eigenvalue weighted by atomic mass is 16.1. The predicted octanol–water partition coefficient (Wildman–Crippen LogP) is 1.83. The largest absolute Gasteiger partial charge is 0.369 e. The summed E-state index contributed by atoms with van der Waals surface area (Å²) in [5, 5.41) is 3.74. The Kier molecular flexibility index (Phi) is 13.0. The first-order valence-electron chi connectivity index (χ1n) is 15.3. The highest BCUT2D eigenvalue weighted by Crippen LogP contribution is 2.22. The van der Waals surface area contributed by atoms with Crippen LogP contribution < -0.4 is 11.5 Å². The minimum atomic E-state index is -0.388. The molecule has 240 valence electrons. The summed E-state index contributed by atoms with van der Waals surface area (Å²) in [6.07, 6.45) is 5.57. The Morgan fingerprint density at radius 2 is 1.28 bits per heavy atom. The van der Waals surface area contributed by atoms with Crippen LogP contribution in [0.15, 0.2) is 65.8 Å². The number of amides is 2. The lowest BCUT2D eigenvalue weighted by atomic mass is 10.0. The number of carbonyl (C=O) groups is 2. The molecule has 0 bridgehead atoms. The number of hydrogen-bond donors (Lipinski definition) is 2. The molecular weight excluding hydrogens is 582 g/mol. The molecule has 1 saturated heterocycles. The van der Waals surface area contributed by atoms with Crippen molar-refractivity contribution in [3.05, 3.63) is 93.9 Å². The Morgan fingerprint density at radius 1 is 0.739 bits per heavy atom. The summed E-state index contributed by atoms with van der Waals surface area (Å²) < 4.78 is 0. The minimum Gasteiger partial charge on any atom is -0.369 e. The monoisotopic (exact) mass is 623 g/mol. The van der Waals surface area contributed by atoms with Crippen molar-refractivity contribution in [1.29, 1.82) is 0 Å². The maximum Gasteiger partial charge on any atom is 0.231 e. The fourth-order valence-corrected chi connectivity index (χ4v) is 5.47. The number of rotatable bonds is 11. The zero-order valence-electron chi connectivity index (χ0n) is 26.0. The molecule has 13 heteroatoms. The van der Waals surface area contributed by atoms with Gasteiger partial charge in [-0.25, -0.2) is 4.98 Å². The second kappa shape index (κ2) is 17.6. The van der Waals surface area contributed by atoms with Crippen LogP contribution in [0.3, 0.4) is 0 Å². The van der Waals surface area contributed by atoms with Crippen LogP contribution in [0.2, 0.25) is 0 Å². The van der Waals surface area contributed by atoms with Gasteiger partial charge in [0.05, 0.1) is 31.0 Å². The van der Waals surface area contributed by atoms with Gasteiger partial charge in [0.2, 0.25) is 11.8 Å². The first kappa shape index (κ1) is 34.1. The van der Waals surface area contributed by atoms with Crippen molar-refractivity contribution in [3.63, 3.8) is 0 Å². The van der Waals surface area contributed by atoms with Crippen LogP contribution in [-0.4, -0.2) is 107 Å². The summed E-state index contributed by atoms with van der Waals surface area (Å²) in [7, 11) is 0. The van der Waals surface area contributed by atoms with Crippen molar-refractivity contribution >= 4 is 11.8 Å². The van der Waals surface area contributed by atoms with E-state index in [1.165, 1.54) is 0 Å². The maximum absolute atomic E-state index is 12.0. The molecule has 0 saturated carbocycles. The van der Waals surface area contributed by atoms with E-state index in [1.807, 2.05) is 48.5 Å². The maximum atomic E-state index is 12.0. The molecule has 1 fully saturated rings. The smallest absolute Gasteiger partial charge is 0.231 e. The standard InChI is InChI=1S/C33H41N11O2/c1-2-28-9-6-10-29(38-28)22-41-11-15-43(24-32(34)45)17-13-42(14-18-44(16-12-41)25-33(35)46)23-31-20-27(26-7-4-3-5-8-26)19-30(39-31)21-37-40-36/h1,3-10,19-20H,11-18,21-25H2,(H2,34,45)(H2,35,46). The van der Waals surface area contributed by atoms with E-state index in [0.29, 0.717) is 76.8 Å². The molecule has 3 heterocycles. The van der Waals surface area contributed by atoms with Crippen LogP contribution in [0.1, 0.15) is 22.8 Å². The quantitative estimate of drug-likeness (QED) is 0.141. The Hall–Kier alpha value is -4.83. The van der Waals surface area contributed by atoms with Gasteiger partial charge in [-0.3, -0.25) is 34.2 Å². The van der Waals surface area contributed by atoms with E-state index < -0.39 is 0 Å². The molecule has 1 aliphatic rings. The lowest BCUT2D eigenvalue weighted by Gasteiger charge is -2.33. The van der Waals surface area contributed by atoms with Gasteiger partial charge < -0.3 is 11.5 Å². The molecule has 46 heavy (non-hydrogen) atoms. The molecule has 4 rings (SSSR count). The van der Waals surface area contributed by atoms with Gasteiger partial charge in [0.15, 0.2) is 0 Å². The summed E-state index contributed by atoms with van der Waals surface area (Å²) in [5.41, 5.74) is 25.2. The number of aromatic nitrogens is 2. The molecule has 3 aromatic rings. The third-order valence-corrected chi connectivity index (χ3v) is 7.75. The van der Waals surface area contributed by atoms with Crippen LogP contribution in [-0.2, 0) is 29.2 Å². The molecule has 13 nitrogen and oxygen atoms in total. The second-order valence-electron chi connectivity index (χ2n) is 11.3. The lowest BCUT2D eigenvalue weighted by Crippen LogP contribution is -2.48. The first-order valence-corrected chi connectivity index (χ1v) is 15.3. The van der Waals surface area contributed by atoms with Crippen LogP contribution in [0.5, 0.6) is 0 Å². The Balaban J connectivity index is 1.57. The van der Waals surface area contributed by atoms with Crippen LogP contribution in [0, 0.1) is 12.3 Å². The van der Waals surface area contributed by atoms with Gasteiger partial charge in [0.25, 0.3) is 0 Å². The Labute approximate surface area is 269 Å². The SMILES string of the molecule is C#Cc1cccc(CN2CCN(CC(N)=O)CCN(Cc3cc(-c4ccccc4)cc(CN=[N+]=[N-])n3)CCN(CC(N)=O)CC2)n1. The van der Waals surface area contributed by atoms with Crippen molar-refractivity contribution in [2.75, 3.05) is 65.4 Å². The van der Waals surface area contributed by atoms with E-state index in [9.17, 15) is 9.59 Å². The molecule has 1 aromatic carbocycles. The molecule has 0 radical (unpaired) electrons. The number of terminal acetylenes is 1. The highest BCUT2D eigenvalue weighted by molar-refractivity contribution is 5.76. The third-order valence-electron chi connectivity index (χ3n) is 7.75. The van der Waals surface area contributed by atoms with E-state index in [0.717, 1.165) is 22.5 Å². The van der Waals surface area contributed by atoms with E-state index in [2.05, 4.69) is 46.6 Å². The molecular formula is C33H41N11O2. The van der Waals surface area contributed by atoms with Gasteiger partial charge in [-0.05, 0) is 40.9 Å². The summed E-state index contributed by atoms with van der Waals surface area (Å²) in [4.78, 5) is 45.0. The van der Waals surface area contributed by atoms with Crippen LogP contribution >= 0.6 is 0 Å². The Bertz CT molecular complexity index is 1520. The normalized spacial score (nSPS) is 16.0. The average molecular weight is 624 g/mol. The van der Waals surface area contributed by atoms with Crippen molar-refractivity contribution < 1.29 is 9.59 Å². The summed E-state index contributed by atoms with van der Waals surface area (Å²) >= 11 is 0. The van der Waals surface area contributed by atoms with E-state index >= 15 is 0 Å². The van der Waals surface area contributed by atoms with E-state index in [1.54, 1.807) is 6.07 Å². The number of nitrogens with zero attached hydrogens (tertiary/aromatic N) is 9. The van der Waals surface area contributed by atoms with E-state index in [-0.39, 0.29) is 31.4 Å². The van der Waals surface area contributed by atoms with Gasteiger partial charge in [-0.2, -0.15) is 0 Å². The highest BCUT2D eigenvalue weighted by Gasteiger charge is 2.20. The molecule has 2 amide bonds. The fourth-order valence-electron chi connectivity index (χ4n) is 5.47.